The molecular formula is C13H18ClNO3S2. The minimum absolute atomic E-state index is 0.0285. The van der Waals surface area contributed by atoms with Crippen LogP contribution in [0.5, 0.6) is 0 Å². The molecule has 0 bridgehead atoms. The number of benzene rings is 1. The second kappa shape index (κ2) is 6.23. The summed E-state index contributed by atoms with van der Waals surface area (Å²) in [7, 11) is -3.57. The lowest BCUT2D eigenvalue weighted by Crippen LogP contribution is -2.36. The fraction of sp³-hybridized carbons (Fsp3) is 0.538. The highest BCUT2D eigenvalue weighted by Gasteiger charge is 2.31. The van der Waals surface area contributed by atoms with Gasteiger partial charge in [0.2, 0.25) is 10.0 Å². The smallest absolute Gasteiger partial charge is 0.240 e. The first-order valence-electron chi connectivity index (χ1n) is 6.39. The van der Waals surface area contributed by atoms with Crippen LogP contribution < -0.4 is 4.72 Å². The van der Waals surface area contributed by atoms with Crippen LogP contribution in [-0.2, 0) is 16.6 Å². The second-order valence-corrected chi connectivity index (χ2v) is 8.99. The number of sulfonamides is 1. The van der Waals surface area contributed by atoms with Crippen LogP contribution in [-0.4, -0.2) is 30.6 Å². The summed E-state index contributed by atoms with van der Waals surface area (Å²) in [5, 5.41) is 9.51. The monoisotopic (exact) mass is 335 g/mol. The van der Waals surface area contributed by atoms with Crippen LogP contribution in [0.2, 0.25) is 5.02 Å². The highest BCUT2D eigenvalue weighted by Crippen LogP contribution is 2.37. The van der Waals surface area contributed by atoms with E-state index < -0.39 is 10.0 Å². The van der Waals surface area contributed by atoms with Gasteiger partial charge in [-0.05, 0) is 49.3 Å². The van der Waals surface area contributed by atoms with Gasteiger partial charge in [-0.15, -0.1) is 0 Å². The molecule has 0 radical (unpaired) electrons. The molecule has 1 heterocycles. The van der Waals surface area contributed by atoms with E-state index in [4.69, 9.17) is 16.7 Å². The van der Waals surface area contributed by atoms with E-state index in [1.54, 1.807) is 11.8 Å². The van der Waals surface area contributed by atoms with Gasteiger partial charge in [0.05, 0.1) is 11.5 Å². The molecule has 112 valence electrons. The van der Waals surface area contributed by atoms with Crippen molar-refractivity contribution in [2.24, 2.45) is 0 Å². The third-order valence-electron chi connectivity index (χ3n) is 3.43. The third-order valence-corrected chi connectivity index (χ3v) is 6.74. The number of aliphatic hydroxyl groups excluding tert-OH is 1. The molecule has 0 saturated carbocycles. The lowest BCUT2D eigenvalue weighted by atomic mass is 10.1. The van der Waals surface area contributed by atoms with Gasteiger partial charge in [0, 0.05) is 16.3 Å². The molecular weight excluding hydrogens is 318 g/mol. The summed E-state index contributed by atoms with van der Waals surface area (Å²) < 4.78 is 27.2. The topological polar surface area (TPSA) is 66.4 Å². The predicted molar refractivity (Wildman–Crippen MR) is 82.7 cm³/mol. The fourth-order valence-electron chi connectivity index (χ4n) is 2.15. The lowest BCUT2D eigenvalue weighted by Gasteiger charge is -2.22. The van der Waals surface area contributed by atoms with Gasteiger partial charge in [-0.1, -0.05) is 11.6 Å². The first-order chi connectivity index (χ1) is 9.36. The molecule has 1 aromatic carbocycles. The molecule has 0 spiro atoms. The number of hydrogen-bond donors (Lipinski definition) is 2. The van der Waals surface area contributed by atoms with Crippen LogP contribution in [0.15, 0.2) is 23.1 Å². The summed E-state index contributed by atoms with van der Waals surface area (Å²) >= 11 is 7.67. The number of halogens is 1. The van der Waals surface area contributed by atoms with Crippen molar-refractivity contribution in [3.63, 3.8) is 0 Å². The Morgan fingerprint density at radius 1 is 1.50 bits per heavy atom. The van der Waals surface area contributed by atoms with Gasteiger partial charge in [0.15, 0.2) is 0 Å². The Balaban J connectivity index is 2.14. The second-order valence-electron chi connectivity index (χ2n) is 5.14. The van der Waals surface area contributed by atoms with Crippen molar-refractivity contribution in [3.8, 4) is 0 Å². The molecule has 1 aromatic rings. The zero-order valence-corrected chi connectivity index (χ0v) is 13.6. The molecule has 7 heteroatoms. The standard InChI is InChI=1S/C13H18ClNO3S2/c1-13(5-2-6-19-13)9-15-20(17,18)11-3-4-12(14)10(7-11)8-16/h3-4,7,15-16H,2,5-6,8-9H2,1H3. The molecule has 2 N–H and O–H groups in total. The van der Waals surface area contributed by atoms with Crippen molar-refractivity contribution in [3.05, 3.63) is 28.8 Å². The molecule has 20 heavy (non-hydrogen) atoms. The molecule has 0 aromatic heterocycles. The SMILES string of the molecule is CC1(CNS(=O)(=O)c2ccc(Cl)c(CO)c2)CCCS1. The molecule has 4 nitrogen and oxygen atoms in total. The Morgan fingerprint density at radius 3 is 2.85 bits per heavy atom. The largest absolute Gasteiger partial charge is 0.392 e. The van der Waals surface area contributed by atoms with E-state index in [0.29, 0.717) is 17.1 Å². The lowest BCUT2D eigenvalue weighted by molar-refractivity contribution is 0.281. The van der Waals surface area contributed by atoms with Crippen LogP contribution in [0.4, 0.5) is 0 Å². The van der Waals surface area contributed by atoms with Gasteiger partial charge < -0.3 is 5.11 Å². The maximum absolute atomic E-state index is 12.3. The summed E-state index contributed by atoms with van der Waals surface area (Å²) in [6.45, 7) is 2.21. The molecule has 1 aliphatic rings. The third kappa shape index (κ3) is 3.68. The van der Waals surface area contributed by atoms with E-state index in [9.17, 15) is 8.42 Å². The first kappa shape index (κ1) is 16.1. The molecule has 1 unspecified atom stereocenters. The van der Waals surface area contributed by atoms with E-state index in [-0.39, 0.29) is 16.2 Å². The van der Waals surface area contributed by atoms with Gasteiger partial charge >= 0.3 is 0 Å². The minimum Gasteiger partial charge on any atom is -0.392 e. The van der Waals surface area contributed by atoms with Gasteiger partial charge in [-0.25, -0.2) is 13.1 Å². The fourth-order valence-corrected chi connectivity index (χ4v) is 4.88. The molecule has 0 aliphatic carbocycles. The molecule has 1 fully saturated rings. The van der Waals surface area contributed by atoms with Crippen LogP contribution >= 0.6 is 23.4 Å². The van der Waals surface area contributed by atoms with E-state index in [2.05, 4.69) is 11.6 Å². The Bertz CT molecular complexity index is 583. The molecule has 2 rings (SSSR count). The summed E-state index contributed by atoms with van der Waals surface area (Å²) in [6, 6.07) is 4.36. The number of hydrogen-bond acceptors (Lipinski definition) is 4. The normalized spacial score (nSPS) is 23.1. The Labute approximate surface area is 129 Å². The molecule has 1 aliphatic heterocycles. The molecule has 0 amide bonds. The van der Waals surface area contributed by atoms with Crippen molar-refractivity contribution in [2.45, 2.75) is 36.0 Å². The summed E-state index contributed by atoms with van der Waals surface area (Å²) in [5.74, 6) is 1.08. The van der Waals surface area contributed by atoms with Gasteiger partial charge in [-0.3, -0.25) is 0 Å². The zero-order chi connectivity index (χ0) is 14.8. The van der Waals surface area contributed by atoms with Gasteiger partial charge in [0.25, 0.3) is 0 Å². The zero-order valence-electron chi connectivity index (χ0n) is 11.2. The number of nitrogens with one attached hydrogen (secondary N) is 1. The number of rotatable bonds is 5. The van der Waals surface area contributed by atoms with Crippen molar-refractivity contribution in [1.82, 2.24) is 4.72 Å². The quantitative estimate of drug-likeness (QED) is 0.867. The highest BCUT2D eigenvalue weighted by molar-refractivity contribution is 8.01. The van der Waals surface area contributed by atoms with Crippen LogP contribution in [0.1, 0.15) is 25.3 Å². The number of thioether (sulfide) groups is 1. The summed E-state index contributed by atoms with van der Waals surface area (Å²) in [6.07, 6.45) is 2.14. The van der Waals surface area contributed by atoms with E-state index >= 15 is 0 Å². The van der Waals surface area contributed by atoms with E-state index in [1.807, 2.05) is 0 Å². The Kier molecular flexibility index (Phi) is 5.02. The highest BCUT2D eigenvalue weighted by atomic mass is 35.5. The predicted octanol–water partition coefficient (Wildman–Crippen LogP) is 2.40. The summed E-state index contributed by atoms with van der Waals surface area (Å²) in [4.78, 5) is 0.137. The Morgan fingerprint density at radius 2 is 2.25 bits per heavy atom. The Hall–Kier alpha value is -0.270. The number of aliphatic hydroxyl groups is 1. The average molecular weight is 336 g/mol. The van der Waals surface area contributed by atoms with Crippen LogP contribution in [0.25, 0.3) is 0 Å². The average Bonchev–Trinajstić information content (AvgIpc) is 2.85. The van der Waals surface area contributed by atoms with Crippen molar-refractivity contribution < 1.29 is 13.5 Å². The molecule has 1 atom stereocenters. The van der Waals surface area contributed by atoms with Gasteiger partial charge in [0.1, 0.15) is 0 Å². The maximum Gasteiger partial charge on any atom is 0.240 e. The van der Waals surface area contributed by atoms with E-state index in [1.165, 1.54) is 18.2 Å². The first-order valence-corrected chi connectivity index (χ1v) is 9.24. The minimum atomic E-state index is -3.57. The van der Waals surface area contributed by atoms with Gasteiger partial charge in [-0.2, -0.15) is 11.8 Å². The van der Waals surface area contributed by atoms with Crippen molar-refractivity contribution in [1.29, 1.82) is 0 Å². The summed E-state index contributed by atoms with van der Waals surface area (Å²) in [5.41, 5.74) is 0.413. The molecule has 1 saturated heterocycles. The van der Waals surface area contributed by atoms with Crippen LogP contribution in [0.3, 0.4) is 0 Å². The van der Waals surface area contributed by atoms with Crippen LogP contribution in [0, 0.1) is 0 Å². The van der Waals surface area contributed by atoms with E-state index in [0.717, 1.165) is 18.6 Å². The van der Waals surface area contributed by atoms with Crippen molar-refractivity contribution >= 4 is 33.4 Å². The maximum atomic E-state index is 12.3. The van der Waals surface area contributed by atoms with Crippen molar-refractivity contribution in [2.75, 3.05) is 12.3 Å².